The Hall–Kier alpha value is -0.700. The minimum Gasteiger partial charge on any atom is -0.124 e. The lowest BCUT2D eigenvalue weighted by molar-refractivity contribution is -0.111. The highest BCUT2D eigenvalue weighted by atomic mass is 14.6. The summed E-state index contributed by atoms with van der Waals surface area (Å²) in [6, 6.07) is 0. The molecule has 0 bridgehead atoms. The zero-order valence-corrected chi connectivity index (χ0v) is 21.3. The molecule has 30 heavy (non-hydrogen) atoms. The second kappa shape index (κ2) is 11.2. The van der Waals surface area contributed by atoms with Crippen molar-refractivity contribution in [3.05, 3.63) is 11.6 Å². The maximum absolute atomic E-state index is 4.00. The summed E-state index contributed by atoms with van der Waals surface area (Å²) < 4.78 is 0. The molecule has 4 rings (SSSR count). The monoisotopic (exact) mass is 412 g/mol. The average Bonchev–Trinajstić information content (AvgIpc) is 3.10. The number of fused-ring (bicyclic) bond motifs is 5. The smallest absolute Gasteiger partial charge is 0.0266 e. The van der Waals surface area contributed by atoms with Gasteiger partial charge in [0.05, 0.1) is 0 Å². The van der Waals surface area contributed by atoms with Crippen LogP contribution in [0, 0.1) is 53.3 Å². The molecule has 0 saturated heterocycles. The summed E-state index contributed by atoms with van der Waals surface area (Å²) in [6.07, 6.45) is 30.2. The third kappa shape index (κ3) is 4.87. The lowest BCUT2D eigenvalue weighted by Gasteiger charge is -2.60. The Balaban J connectivity index is 0.000000757. The second-order valence-electron chi connectivity index (χ2n) is 11.4. The zero-order chi connectivity index (χ0) is 22.4. The van der Waals surface area contributed by atoms with Gasteiger partial charge in [-0.25, -0.2) is 0 Å². The van der Waals surface area contributed by atoms with Gasteiger partial charge in [0.15, 0.2) is 0 Å². The number of allylic oxidation sites excluding steroid dienone is 2. The third-order valence-corrected chi connectivity index (χ3v) is 10.1. The summed E-state index contributed by atoms with van der Waals surface area (Å²) in [5.41, 5.74) is 2.90. The molecule has 0 aromatic rings. The van der Waals surface area contributed by atoms with Gasteiger partial charge in [-0.1, -0.05) is 52.2 Å². The summed E-state index contributed by atoms with van der Waals surface area (Å²) >= 11 is 0. The molecule has 0 amide bonds. The fourth-order valence-electron chi connectivity index (χ4n) is 8.63. The van der Waals surface area contributed by atoms with Gasteiger partial charge in [-0.15, -0.1) is 12.8 Å². The van der Waals surface area contributed by atoms with Gasteiger partial charge >= 0.3 is 0 Å². The van der Waals surface area contributed by atoms with Crippen LogP contribution in [0.15, 0.2) is 11.6 Å². The van der Waals surface area contributed by atoms with Crippen LogP contribution in [-0.2, 0) is 0 Å². The maximum atomic E-state index is 4.00. The zero-order valence-electron chi connectivity index (χ0n) is 21.3. The first-order chi connectivity index (χ1) is 14.4. The Labute approximate surface area is 190 Å². The normalized spacial score (nSPS) is 41.5. The van der Waals surface area contributed by atoms with E-state index in [4.69, 9.17) is 0 Å². The molecule has 4 aliphatic rings. The van der Waals surface area contributed by atoms with E-state index in [1.54, 1.807) is 51.4 Å². The van der Waals surface area contributed by atoms with Crippen molar-refractivity contribution in [3.63, 3.8) is 0 Å². The van der Waals surface area contributed by atoms with E-state index in [0.29, 0.717) is 10.8 Å². The van der Waals surface area contributed by atoms with E-state index in [1.165, 1.54) is 37.7 Å². The third-order valence-electron chi connectivity index (χ3n) is 10.1. The lowest BCUT2D eigenvalue weighted by atomic mass is 9.45. The van der Waals surface area contributed by atoms with Crippen LogP contribution in [0.5, 0.6) is 0 Å². The van der Waals surface area contributed by atoms with Gasteiger partial charge in [0.25, 0.3) is 0 Å². The van der Waals surface area contributed by atoms with Crippen molar-refractivity contribution in [3.8, 4) is 12.8 Å². The highest BCUT2D eigenvalue weighted by molar-refractivity contribution is 5.08. The molecular formula is C30H52. The molecule has 0 radical (unpaired) electrons. The lowest BCUT2D eigenvalue weighted by Crippen LogP contribution is -2.52. The molecule has 4 saturated carbocycles. The van der Waals surface area contributed by atoms with E-state index >= 15 is 0 Å². The van der Waals surface area contributed by atoms with Crippen molar-refractivity contribution in [1.29, 1.82) is 0 Å². The highest BCUT2D eigenvalue weighted by Gasteiger charge is 2.59. The van der Waals surface area contributed by atoms with Crippen LogP contribution < -0.4 is 0 Å². The first-order valence-corrected chi connectivity index (χ1v) is 13.4. The van der Waals surface area contributed by atoms with Crippen molar-refractivity contribution < 1.29 is 0 Å². The second-order valence-corrected chi connectivity index (χ2v) is 11.4. The predicted molar refractivity (Wildman–Crippen MR) is 134 cm³/mol. The molecule has 0 aliphatic heterocycles. The summed E-state index contributed by atoms with van der Waals surface area (Å²) in [7, 11) is 0. The Morgan fingerprint density at radius 2 is 1.53 bits per heavy atom. The van der Waals surface area contributed by atoms with Crippen molar-refractivity contribution in [2.24, 2.45) is 40.4 Å². The molecule has 4 aliphatic carbocycles. The number of hydrogen-bond acceptors (Lipinski definition) is 0. The van der Waals surface area contributed by atoms with Gasteiger partial charge in [-0.2, -0.15) is 0 Å². The first kappa shape index (κ1) is 25.6. The number of terminal acetylenes is 1. The highest BCUT2D eigenvalue weighted by Crippen LogP contribution is 2.67. The SMILES string of the molecule is C#C.CC.CC(C)=CCCCC1CCC2C3CCC4CCCCC4(C)C3CCC12C. The Morgan fingerprint density at radius 1 is 0.833 bits per heavy atom. The molecule has 4 fully saturated rings. The topological polar surface area (TPSA) is 0 Å². The van der Waals surface area contributed by atoms with E-state index in [-0.39, 0.29) is 0 Å². The van der Waals surface area contributed by atoms with Gasteiger partial charge in [0.2, 0.25) is 0 Å². The fraction of sp³-hybridized carbons (Fsp3) is 0.867. The first-order valence-electron chi connectivity index (χ1n) is 13.4. The number of unbranched alkanes of at least 4 members (excludes halogenated alkanes) is 1. The van der Waals surface area contributed by atoms with Crippen LogP contribution in [0.25, 0.3) is 0 Å². The number of rotatable bonds is 4. The molecule has 0 spiro atoms. The quantitative estimate of drug-likeness (QED) is 0.245. The van der Waals surface area contributed by atoms with Crippen LogP contribution in [0.3, 0.4) is 0 Å². The van der Waals surface area contributed by atoms with Crippen molar-refractivity contribution in [2.75, 3.05) is 0 Å². The standard InChI is InChI=1S/C26H44.C2H6.C2H2/c1-19(2)9-5-6-10-21-13-15-23-22-14-12-20-11-7-8-17-25(20,3)24(22)16-18-26(21,23)4;2*1-2/h9,20-24H,5-8,10-18H2,1-4H3;1-2H3;1-2H. The Morgan fingerprint density at radius 3 is 2.23 bits per heavy atom. The van der Waals surface area contributed by atoms with Gasteiger partial charge in [0, 0.05) is 0 Å². The fourth-order valence-corrected chi connectivity index (χ4v) is 8.63. The van der Waals surface area contributed by atoms with E-state index in [2.05, 4.69) is 46.6 Å². The van der Waals surface area contributed by atoms with Crippen LogP contribution >= 0.6 is 0 Å². The molecule has 172 valence electrons. The Bertz CT molecular complexity index is 564. The molecule has 0 heterocycles. The average molecular weight is 413 g/mol. The van der Waals surface area contributed by atoms with Crippen LogP contribution in [0.4, 0.5) is 0 Å². The van der Waals surface area contributed by atoms with Gasteiger partial charge in [-0.05, 0) is 125 Å². The summed E-state index contributed by atoms with van der Waals surface area (Å²) in [6.45, 7) is 13.9. The molecular weight excluding hydrogens is 360 g/mol. The molecule has 0 aromatic carbocycles. The van der Waals surface area contributed by atoms with Crippen molar-refractivity contribution in [2.45, 2.75) is 125 Å². The van der Waals surface area contributed by atoms with Crippen molar-refractivity contribution in [1.82, 2.24) is 0 Å². The van der Waals surface area contributed by atoms with E-state index < -0.39 is 0 Å². The van der Waals surface area contributed by atoms with E-state index in [1.807, 2.05) is 13.8 Å². The predicted octanol–water partition coefficient (Wildman–Crippen LogP) is 9.45. The summed E-state index contributed by atoms with van der Waals surface area (Å²) in [5.74, 6) is 5.31. The molecule has 7 atom stereocenters. The number of hydrogen-bond donors (Lipinski definition) is 0. The minimum absolute atomic E-state index is 0.685. The summed E-state index contributed by atoms with van der Waals surface area (Å²) in [5, 5.41) is 0. The summed E-state index contributed by atoms with van der Waals surface area (Å²) in [4.78, 5) is 0. The molecule has 0 N–H and O–H groups in total. The molecule has 0 nitrogen and oxygen atoms in total. The van der Waals surface area contributed by atoms with Gasteiger partial charge < -0.3 is 0 Å². The van der Waals surface area contributed by atoms with Crippen LogP contribution in [0.2, 0.25) is 0 Å². The van der Waals surface area contributed by atoms with Crippen molar-refractivity contribution >= 4 is 0 Å². The Kier molecular flexibility index (Phi) is 9.58. The van der Waals surface area contributed by atoms with E-state index in [0.717, 1.165) is 29.6 Å². The van der Waals surface area contributed by atoms with Crippen LogP contribution in [0.1, 0.15) is 125 Å². The molecule has 0 heteroatoms. The van der Waals surface area contributed by atoms with Gasteiger partial charge in [-0.3, -0.25) is 0 Å². The van der Waals surface area contributed by atoms with E-state index in [9.17, 15) is 0 Å². The molecule has 7 unspecified atom stereocenters. The largest absolute Gasteiger partial charge is 0.124 e. The van der Waals surface area contributed by atoms with Gasteiger partial charge in [0.1, 0.15) is 0 Å². The maximum Gasteiger partial charge on any atom is -0.0266 e. The van der Waals surface area contributed by atoms with Crippen LogP contribution in [-0.4, -0.2) is 0 Å². The minimum atomic E-state index is 0.685. The molecule has 0 aromatic heterocycles.